The number of aliphatic hydroxyl groups is 1. The van der Waals surface area contributed by atoms with Crippen molar-refractivity contribution in [3.8, 4) is 11.4 Å². The Bertz CT molecular complexity index is 1580. The van der Waals surface area contributed by atoms with Gasteiger partial charge in [-0.2, -0.15) is 0 Å². The largest absolute Gasteiger partial charge is 0.495 e. The third-order valence-electron chi connectivity index (χ3n) is 5.86. The molecule has 4 heterocycles. The molecule has 0 aliphatic rings. The van der Waals surface area contributed by atoms with Gasteiger partial charge in [-0.05, 0) is 37.3 Å². The Morgan fingerprint density at radius 3 is 2.74 bits per heavy atom. The van der Waals surface area contributed by atoms with E-state index >= 15 is 0 Å². The van der Waals surface area contributed by atoms with E-state index in [1.165, 1.54) is 18.6 Å². The van der Waals surface area contributed by atoms with Crippen LogP contribution in [0.25, 0.3) is 22.7 Å². The summed E-state index contributed by atoms with van der Waals surface area (Å²) in [6, 6.07) is 8.84. The summed E-state index contributed by atoms with van der Waals surface area (Å²) in [4.78, 5) is 8.47. The van der Waals surface area contributed by atoms with Crippen molar-refractivity contribution in [2.24, 2.45) is 0 Å². The van der Waals surface area contributed by atoms with Crippen LogP contribution in [-0.4, -0.2) is 68.7 Å². The number of methoxy groups -OCH3 is 2. The number of aromatic nitrogens is 6. The molecule has 0 saturated heterocycles. The van der Waals surface area contributed by atoms with Gasteiger partial charge in [0.05, 0.1) is 25.1 Å². The van der Waals surface area contributed by atoms with E-state index in [9.17, 15) is 13.5 Å². The highest BCUT2D eigenvalue weighted by molar-refractivity contribution is 7.93. The first-order chi connectivity index (χ1) is 18.8. The van der Waals surface area contributed by atoms with Crippen molar-refractivity contribution in [2.75, 3.05) is 25.5 Å². The van der Waals surface area contributed by atoms with E-state index in [4.69, 9.17) is 9.47 Å². The number of sulfonamides is 1. The zero-order chi connectivity index (χ0) is 28.0. The third kappa shape index (κ3) is 6.06. The number of nitrogens with zero attached hydrogens (tertiary/aromatic N) is 6. The van der Waals surface area contributed by atoms with E-state index in [0.717, 1.165) is 0 Å². The number of hydrogen-bond acceptors (Lipinski definition) is 9. The normalized spacial score (nSPS) is 14.0. The van der Waals surface area contributed by atoms with Crippen molar-refractivity contribution < 1.29 is 23.0 Å². The van der Waals surface area contributed by atoms with Crippen LogP contribution in [0.5, 0.6) is 0 Å². The second-order valence-corrected chi connectivity index (χ2v) is 10.5. The third-order valence-corrected chi connectivity index (χ3v) is 7.56. The maximum atomic E-state index is 13.4. The van der Waals surface area contributed by atoms with Gasteiger partial charge in [-0.25, -0.2) is 13.4 Å². The molecule has 0 aliphatic carbocycles. The highest BCUT2D eigenvalue weighted by Gasteiger charge is 2.33. The number of anilines is 1. The lowest BCUT2D eigenvalue weighted by molar-refractivity contribution is 0.172. The fraction of sp³-hybridized carbons (Fsp3) is 0.231. The monoisotopic (exact) mass is 551 g/mol. The standard InChI is InChI=1S/C26H29N7O5S/c1-18(22(38-4)11-6-8-15-37-3)33-25(20-10-9-13-27-16-20)29-30-26(33)31-39(35,36)19(2)24(34)21-17-32-14-7-5-12-23(32)28-21/h5-14,16-17,19,24,34H,1,15H2,2-4H3,(H,30,31)/b8-6-,22-11+/t19-,24-/m1/s1. The molecule has 0 saturated carbocycles. The lowest BCUT2D eigenvalue weighted by Crippen LogP contribution is -2.32. The summed E-state index contributed by atoms with van der Waals surface area (Å²) in [5.74, 6) is 0.463. The lowest BCUT2D eigenvalue weighted by Gasteiger charge is -2.20. The molecule has 4 aromatic heterocycles. The minimum atomic E-state index is -4.20. The smallest absolute Gasteiger partial charge is 0.243 e. The van der Waals surface area contributed by atoms with Crippen LogP contribution >= 0.6 is 0 Å². The Morgan fingerprint density at radius 2 is 2.05 bits per heavy atom. The molecule has 0 radical (unpaired) electrons. The summed E-state index contributed by atoms with van der Waals surface area (Å²) in [5, 5.41) is 17.9. The van der Waals surface area contributed by atoms with Gasteiger partial charge in [0.15, 0.2) is 5.82 Å². The Hall–Kier alpha value is -4.33. The zero-order valence-corrected chi connectivity index (χ0v) is 22.5. The van der Waals surface area contributed by atoms with Crippen molar-refractivity contribution in [3.63, 3.8) is 0 Å². The molecule has 0 fully saturated rings. The number of allylic oxidation sites excluding steroid dienone is 3. The molecule has 0 aromatic carbocycles. The van der Waals surface area contributed by atoms with Gasteiger partial charge < -0.3 is 19.0 Å². The van der Waals surface area contributed by atoms with Gasteiger partial charge >= 0.3 is 0 Å². The molecule has 2 atom stereocenters. The SMILES string of the molecule is C=C(/C(=C\C=C/COC)OC)n1c(NS(=O)(=O)[C@H](C)[C@@H](O)c2cn3ccccc3n2)nnc1-c1cccnc1. The zero-order valence-electron chi connectivity index (χ0n) is 21.7. The van der Waals surface area contributed by atoms with Gasteiger partial charge in [0.1, 0.15) is 22.8 Å². The van der Waals surface area contributed by atoms with E-state index in [0.29, 0.717) is 23.6 Å². The van der Waals surface area contributed by atoms with Crippen molar-refractivity contribution in [1.29, 1.82) is 0 Å². The molecule has 204 valence electrons. The number of imidazole rings is 1. The number of rotatable bonds is 12. The van der Waals surface area contributed by atoms with Crippen LogP contribution in [0.15, 0.2) is 85.7 Å². The summed E-state index contributed by atoms with van der Waals surface area (Å²) in [6.45, 7) is 5.88. The van der Waals surface area contributed by atoms with E-state index in [2.05, 4.69) is 31.5 Å². The number of ether oxygens (including phenoxy) is 2. The number of hydrogen-bond donors (Lipinski definition) is 2. The van der Waals surface area contributed by atoms with Gasteiger partial charge in [-0.1, -0.05) is 24.8 Å². The van der Waals surface area contributed by atoms with Crippen LogP contribution < -0.4 is 4.72 Å². The second kappa shape index (κ2) is 12.0. The van der Waals surface area contributed by atoms with Crippen LogP contribution in [0.2, 0.25) is 0 Å². The maximum absolute atomic E-state index is 13.4. The highest BCUT2D eigenvalue weighted by atomic mass is 32.2. The highest BCUT2D eigenvalue weighted by Crippen LogP contribution is 2.30. The van der Waals surface area contributed by atoms with Crippen LogP contribution in [0.1, 0.15) is 18.7 Å². The topological polar surface area (TPSA) is 146 Å². The van der Waals surface area contributed by atoms with Gasteiger partial charge in [0, 0.05) is 37.5 Å². The molecule has 13 heteroatoms. The molecule has 2 N–H and O–H groups in total. The molecule has 0 unspecified atom stereocenters. The molecule has 12 nitrogen and oxygen atoms in total. The first kappa shape index (κ1) is 27.7. The molecule has 4 aromatic rings. The van der Waals surface area contributed by atoms with Gasteiger partial charge in [0.25, 0.3) is 0 Å². The molecule has 0 bridgehead atoms. The Kier molecular flexibility index (Phi) is 8.54. The number of nitrogens with one attached hydrogen (secondary N) is 1. The minimum Gasteiger partial charge on any atom is -0.495 e. The van der Waals surface area contributed by atoms with E-state index in [1.807, 2.05) is 6.07 Å². The number of aliphatic hydroxyl groups excluding tert-OH is 1. The second-order valence-electron chi connectivity index (χ2n) is 8.42. The summed E-state index contributed by atoms with van der Waals surface area (Å²) >= 11 is 0. The number of fused-ring (bicyclic) bond motifs is 1. The van der Waals surface area contributed by atoms with E-state index < -0.39 is 21.4 Å². The summed E-state index contributed by atoms with van der Waals surface area (Å²) in [6.07, 6.45) is 10.2. The van der Waals surface area contributed by atoms with Crippen molar-refractivity contribution in [3.05, 3.63) is 91.4 Å². The van der Waals surface area contributed by atoms with Crippen molar-refractivity contribution in [1.82, 2.24) is 29.1 Å². The molecule has 39 heavy (non-hydrogen) atoms. The fourth-order valence-electron chi connectivity index (χ4n) is 3.71. The summed E-state index contributed by atoms with van der Waals surface area (Å²) < 4.78 is 43.0. The first-order valence-electron chi connectivity index (χ1n) is 11.9. The van der Waals surface area contributed by atoms with Crippen molar-refractivity contribution in [2.45, 2.75) is 18.3 Å². The van der Waals surface area contributed by atoms with Crippen LogP contribution in [-0.2, 0) is 19.5 Å². The van der Waals surface area contributed by atoms with Gasteiger partial charge in [-0.15, -0.1) is 10.2 Å². The van der Waals surface area contributed by atoms with Crippen LogP contribution in [0.3, 0.4) is 0 Å². The molecule has 4 rings (SSSR count). The Morgan fingerprint density at radius 1 is 1.23 bits per heavy atom. The maximum Gasteiger partial charge on any atom is 0.243 e. The van der Waals surface area contributed by atoms with Gasteiger partial charge in [-0.3, -0.25) is 14.3 Å². The molecular formula is C26H29N7O5S. The average molecular weight is 552 g/mol. The molecular weight excluding hydrogens is 522 g/mol. The molecule has 0 aliphatic heterocycles. The van der Waals surface area contributed by atoms with Gasteiger partial charge in [0.2, 0.25) is 16.0 Å². The molecule has 0 amide bonds. The van der Waals surface area contributed by atoms with E-state index in [-0.39, 0.29) is 23.2 Å². The predicted octanol–water partition coefficient (Wildman–Crippen LogP) is 3.06. The van der Waals surface area contributed by atoms with Crippen molar-refractivity contribution >= 4 is 27.3 Å². The minimum absolute atomic E-state index is 0.142. The van der Waals surface area contributed by atoms with E-state index in [1.54, 1.807) is 78.8 Å². The summed E-state index contributed by atoms with van der Waals surface area (Å²) in [5.41, 5.74) is 1.63. The first-order valence-corrected chi connectivity index (χ1v) is 13.4. The Balaban J connectivity index is 1.69. The fourth-order valence-corrected chi connectivity index (χ4v) is 4.77. The Labute approximate surface area is 226 Å². The summed E-state index contributed by atoms with van der Waals surface area (Å²) in [7, 11) is -1.16. The average Bonchev–Trinajstić information content (AvgIpc) is 3.56. The van der Waals surface area contributed by atoms with Crippen LogP contribution in [0.4, 0.5) is 5.95 Å². The predicted molar refractivity (Wildman–Crippen MR) is 147 cm³/mol. The molecule has 0 spiro atoms. The van der Waals surface area contributed by atoms with Crippen LogP contribution in [0, 0.1) is 0 Å². The lowest BCUT2D eigenvalue weighted by atomic mass is 10.2. The quantitative estimate of drug-likeness (QED) is 0.200. The number of pyridine rings is 2.